The van der Waals surface area contributed by atoms with Crippen molar-refractivity contribution in [2.24, 2.45) is 0 Å². The summed E-state index contributed by atoms with van der Waals surface area (Å²) in [5.41, 5.74) is 0. The quantitative estimate of drug-likeness (QED) is 0.526. The molecule has 0 aliphatic carbocycles. The Morgan fingerprint density at radius 3 is 2.00 bits per heavy atom. The molecule has 0 aliphatic heterocycles. The third kappa shape index (κ3) is 7.29. The van der Waals surface area contributed by atoms with Gasteiger partial charge in [-0.3, -0.25) is 14.4 Å². The highest BCUT2D eigenvalue weighted by molar-refractivity contribution is 5.86. The summed E-state index contributed by atoms with van der Waals surface area (Å²) in [6.45, 7) is 2.55. The number of carboxylic acid groups (broad SMARTS) is 2. The Morgan fingerprint density at radius 2 is 1.65 bits per heavy atom. The molecule has 1 amide bonds. The van der Waals surface area contributed by atoms with Gasteiger partial charge in [0.2, 0.25) is 5.91 Å². The maximum Gasteiger partial charge on any atom is 0.323 e. The highest BCUT2D eigenvalue weighted by Gasteiger charge is 2.19. The number of carboxylic acids is 2. The normalized spacial score (nSPS) is 11.9. The maximum atomic E-state index is 11.6. The molecule has 0 saturated carbocycles. The van der Waals surface area contributed by atoms with Crippen molar-refractivity contribution in [3.05, 3.63) is 0 Å². The van der Waals surface area contributed by atoms with E-state index in [0.29, 0.717) is 0 Å². The molecule has 0 aromatic rings. The average molecular weight is 246 g/mol. The molecular weight excluding hydrogens is 228 g/mol. The van der Waals surface area contributed by atoms with Gasteiger partial charge < -0.3 is 20.4 Å². The van der Waals surface area contributed by atoms with E-state index in [4.69, 9.17) is 10.2 Å². The summed E-state index contributed by atoms with van der Waals surface area (Å²) in [5.74, 6) is -3.00. The average Bonchev–Trinajstić information content (AvgIpc) is 2.23. The van der Waals surface area contributed by atoms with Gasteiger partial charge in [-0.1, -0.05) is 6.92 Å². The van der Waals surface area contributed by atoms with E-state index < -0.39 is 30.9 Å². The lowest BCUT2D eigenvalue weighted by atomic mass is 10.2. The number of carbonyl (C=O) groups excluding carboxylic acids is 1. The van der Waals surface area contributed by atoms with E-state index in [1.54, 1.807) is 0 Å². The molecule has 7 heteroatoms. The third-order valence-corrected chi connectivity index (χ3v) is 2.22. The first-order valence-electron chi connectivity index (χ1n) is 5.31. The fraction of sp³-hybridized carbons (Fsp3) is 0.700. The number of nitrogens with zero attached hydrogens (tertiary/aromatic N) is 1. The molecule has 3 N–H and O–H groups in total. The van der Waals surface area contributed by atoms with E-state index in [1.807, 2.05) is 13.8 Å². The van der Waals surface area contributed by atoms with Crippen LogP contribution in [0.1, 0.15) is 20.3 Å². The molecule has 1 atom stereocenters. The largest absolute Gasteiger partial charge is 0.480 e. The first kappa shape index (κ1) is 15.4. The molecule has 0 heterocycles. The zero-order valence-electron chi connectivity index (χ0n) is 9.97. The van der Waals surface area contributed by atoms with Gasteiger partial charge in [-0.05, 0) is 13.3 Å². The molecule has 0 fully saturated rings. The van der Waals surface area contributed by atoms with Crippen LogP contribution in [0.3, 0.4) is 0 Å². The Balaban J connectivity index is 4.31. The molecule has 0 radical (unpaired) electrons. The van der Waals surface area contributed by atoms with Crippen LogP contribution < -0.4 is 5.32 Å². The van der Waals surface area contributed by atoms with E-state index in [1.165, 1.54) is 0 Å². The summed E-state index contributed by atoms with van der Waals surface area (Å²) in [6.07, 6.45) is 0.825. The van der Waals surface area contributed by atoms with E-state index >= 15 is 0 Å². The van der Waals surface area contributed by atoms with Crippen LogP contribution in [0.15, 0.2) is 0 Å². The summed E-state index contributed by atoms with van der Waals surface area (Å²) in [5, 5.41) is 20.0. The van der Waals surface area contributed by atoms with Gasteiger partial charge in [0.15, 0.2) is 0 Å². The molecule has 0 aromatic carbocycles. The maximum absolute atomic E-state index is 11.6. The van der Waals surface area contributed by atoms with Gasteiger partial charge in [0, 0.05) is 6.04 Å². The van der Waals surface area contributed by atoms with Crippen LogP contribution in [-0.4, -0.2) is 58.6 Å². The fourth-order valence-corrected chi connectivity index (χ4v) is 1.08. The minimum Gasteiger partial charge on any atom is -0.480 e. The van der Waals surface area contributed by atoms with E-state index in [-0.39, 0.29) is 12.6 Å². The predicted octanol–water partition coefficient (Wildman–Crippen LogP) is -0.628. The molecule has 0 saturated heterocycles. The SMILES string of the molecule is CCC(C)NCC(=O)N(CC(=O)O)CC(=O)O. The van der Waals surface area contributed by atoms with Crippen LogP contribution in [0.5, 0.6) is 0 Å². The monoisotopic (exact) mass is 246 g/mol. The number of hydrogen-bond donors (Lipinski definition) is 3. The summed E-state index contributed by atoms with van der Waals surface area (Å²) < 4.78 is 0. The second-order valence-electron chi connectivity index (χ2n) is 3.73. The summed E-state index contributed by atoms with van der Waals surface area (Å²) in [7, 11) is 0. The zero-order chi connectivity index (χ0) is 13.4. The molecule has 7 nitrogen and oxygen atoms in total. The van der Waals surface area contributed by atoms with Crippen molar-refractivity contribution in [2.45, 2.75) is 26.3 Å². The van der Waals surface area contributed by atoms with Crippen molar-refractivity contribution in [2.75, 3.05) is 19.6 Å². The number of amides is 1. The lowest BCUT2D eigenvalue weighted by Crippen LogP contribution is -2.45. The van der Waals surface area contributed by atoms with Crippen molar-refractivity contribution in [3.8, 4) is 0 Å². The summed E-state index contributed by atoms with van der Waals surface area (Å²) >= 11 is 0. The second-order valence-corrected chi connectivity index (χ2v) is 3.73. The molecule has 1 unspecified atom stereocenters. The standard InChI is InChI=1S/C10H18N2O5/c1-3-7(2)11-4-8(13)12(5-9(14)15)6-10(16)17/h7,11H,3-6H2,1-2H3,(H,14,15)(H,16,17). The molecule has 0 rings (SSSR count). The Kier molecular flexibility index (Phi) is 6.88. The van der Waals surface area contributed by atoms with Crippen molar-refractivity contribution >= 4 is 17.8 Å². The number of nitrogens with one attached hydrogen (secondary N) is 1. The Bertz CT molecular complexity index is 276. The third-order valence-electron chi connectivity index (χ3n) is 2.22. The van der Waals surface area contributed by atoms with E-state index in [0.717, 1.165) is 11.3 Å². The first-order valence-corrected chi connectivity index (χ1v) is 5.31. The minimum absolute atomic E-state index is 0.0600. The molecular formula is C10H18N2O5. The summed E-state index contributed by atoms with van der Waals surface area (Å²) in [4.78, 5) is 33.3. The fourth-order valence-electron chi connectivity index (χ4n) is 1.08. The molecule has 0 spiro atoms. The van der Waals surface area contributed by atoms with Gasteiger partial charge in [-0.25, -0.2) is 0 Å². The van der Waals surface area contributed by atoms with Gasteiger partial charge in [-0.2, -0.15) is 0 Å². The number of hydrogen-bond acceptors (Lipinski definition) is 4. The zero-order valence-corrected chi connectivity index (χ0v) is 9.97. The Labute approximate surface area is 99.4 Å². The molecule has 0 aliphatic rings. The molecule has 0 aromatic heterocycles. The number of rotatable bonds is 8. The highest BCUT2D eigenvalue weighted by atomic mass is 16.4. The molecule has 17 heavy (non-hydrogen) atoms. The highest BCUT2D eigenvalue weighted by Crippen LogP contribution is 1.92. The van der Waals surface area contributed by atoms with Gasteiger partial charge >= 0.3 is 11.9 Å². The minimum atomic E-state index is -1.23. The smallest absolute Gasteiger partial charge is 0.323 e. The second kappa shape index (κ2) is 7.61. The van der Waals surface area contributed by atoms with Crippen molar-refractivity contribution in [1.29, 1.82) is 0 Å². The van der Waals surface area contributed by atoms with E-state index in [9.17, 15) is 14.4 Å². The van der Waals surface area contributed by atoms with Crippen molar-refractivity contribution in [1.82, 2.24) is 10.2 Å². The lowest BCUT2D eigenvalue weighted by Gasteiger charge is -2.20. The van der Waals surface area contributed by atoms with Crippen LogP contribution in [-0.2, 0) is 14.4 Å². The predicted molar refractivity (Wildman–Crippen MR) is 59.6 cm³/mol. The van der Waals surface area contributed by atoms with Gasteiger partial charge in [0.25, 0.3) is 0 Å². The Hall–Kier alpha value is -1.63. The van der Waals surface area contributed by atoms with Crippen LogP contribution in [0.25, 0.3) is 0 Å². The van der Waals surface area contributed by atoms with Crippen LogP contribution in [0.4, 0.5) is 0 Å². The van der Waals surface area contributed by atoms with Gasteiger partial charge in [0.1, 0.15) is 13.1 Å². The molecule has 98 valence electrons. The van der Waals surface area contributed by atoms with Crippen LogP contribution in [0, 0.1) is 0 Å². The van der Waals surface area contributed by atoms with Gasteiger partial charge in [0.05, 0.1) is 6.54 Å². The van der Waals surface area contributed by atoms with Crippen molar-refractivity contribution in [3.63, 3.8) is 0 Å². The Morgan fingerprint density at radius 1 is 1.18 bits per heavy atom. The first-order chi connectivity index (χ1) is 7.86. The van der Waals surface area contributed by atoms with Crippen LogP contribution >= 0.6 is 0 Å². The summed E-state index contributed by atoms with van der Waals surface area (Å²) in [6, 6.07) is 0.121. The van der Waals surface area contributed by atoms with E-state index in [2.05, 4.69) is 5.32 Å². The number of carbonyl (C=O) groups is 3. The molecule has 0 bridgehead atoms. The number of aliphatic carboxylic acids is 2. The van der Waals surface area contributed by atoms with Gasteiger partial charge in [-0.15, -0.1) is 0 Å². The van der Waals surface area contributed by atoms with Crippen molar-refractivity contribution < 1.29 is 24.6 Å². The van der Waals surface area contributed by atoms with Crippen LogP contribution in [0.2, 0.25) is 0 Å². The lowest BCUT2D eigenvalue weighted by molar-refractivity contribution is -0.149. The topological polar surface area (TPSA) is 107 Å².